The first kappa shape index (κ1) is 33.8. The highest BCUT2D eigenvalue weighted by Gasteiger charge is 2.62. The summed E-state index contributed by atoms with van der Waals surface area (Å²) in [5.74, 6) is -2.98. The van der Waals surface area contributed by atoms with Crippen LogP contribution < -0.4 is 24.2 Å². The van der Waals surface area contributed by atoms with Gasteiger partial charge in [0, 0.05) is 23.8 Å². The van der Waals surface area contributed by atoms with Crippen molar-refractivity contribution >= 4 is 54.6 Å². The van der Waals surface area contributed by atoms with Gasteiger partial charge in [-0.15, -0.1) is 6.58 Å². The summed E-state index contributed by atoms with van der Waals surface area (Å²) >= 11 is 3.46. The average molecular weight is 734 g/mol. The van der Waals surface area contributed by atoms with E-state index in [1.807, 2.05) is 4.72 Å². The normalized spacial score (nSPS) is 24.3. The molecule has 1 saturated heterocycles. The molecule has 250 valence electrons. The third-order valence-corrected chi connectivity index (χ3v) is 10.7. The summed E-state index contributed by atoms with van der Waals surface area (Å²) in [6.45, 7) is 5.28. The lowest BCUT2D eigenvalue weighted by Crippen LogP contribution is -2.56. The molecule has 0 unspecified atom stereocenters. The number of carbonyl (C=O) groups is 3. The van der Waals surface area contributed by atoms with Crippen LogP contribution in [0, 0.1) is 5.92 Å². The molecule has 12 nitrogen and oxygen atoms in total. The van der Waals surface area contributed by atoms with E-state index in [1.165, 1.54) is 19.3 Å². The molecule has 3 aliphatic rings. The molecule has 2 N–H and O–H groups in total. The van der Waals surface area contributed by atoms with Crippen molar-refractivity contribution in [2.45, 2.75) is 68.1 Å². The minimum absolute atomic E-state index is 0.0267. The Labute approximate surface area is 271 Å². The number of alkyl halides is 3. The second kappa shape index (κ2) is 12.5. The van der Waals surface area contributed by atoms with Crippen LogP contribution in [0.1, 0.15) is 39.0 Å². The van der Waals surface area contributed by atoms with Crippen LogP contribution in [0.5, 0.6) is 17.4 Å². The number of fused-ring (bicyclic) bond motifs is 1. The van der Waals surface area contributed by atoms with Gasteiger partial charge >= 0.3 is 6.18 Å². The third kappa shape index (κ3) is 6.89. The Hall–Kier alpha value is -3.60. The molecule has 0 spiro atoms. The van der Waals surface area contributed by atoms with Gasteiger partial charge in [-0.25, -0.2) is 13.4 Å². The minimum atomic E-state index is -4.85. The third-order valence-electron chi connectivity index (χ3n) is 8.11. The highest BCUT2D eigenvalue weighted by Crippen LogP contribution is 2.46. The molecule has 2 aliphatic carbocycles. The second-order valence-corrected chi connectivity index (χ2v) is 14.1. The zero-order valence-electron chi connectivity index (χ0n) is 24.9. The van der Waals surface area contributed by atoms with E-state index in [0.717, 1.165) is 4.90 Å². The van der Waals surface area contributed by atoms with E-state index in [4.69, 9.17) is 14.2 Å². The largest absolute Gasteiger partial charge is 0.495 e. The van der Waals surface area contributed by atoms with Crippen LogP contribution in [0.3, 0.4) is 0 Å². The standard InChI is InChI=1S/C29H32BrF3N4O8S/c1-4-15-12-28(15,27(40)36-46(41,42)17-6-7-17)35-26(39)19-10-16(14-37(19)23(38)13-29(31,32)33)45-21-11-22(44-5-2)34-25-18(21)8-9-20(43-3)24(25)30/h4,8-9,11,15-17,19H,1,5-7,10,12-14H2,2-3H3,(H,35,39)(H,36,40)/t15-,16-,19-,28-/m1/s1. The highest BCUT2D eigenvalue weighted by atomic mass is 79.9. The quantitative estimate of drug-likeness (QED) is 0.313. The lowest BCUT2D eigenvalue weighted by molar-refractivity contribution is -0.163. The Balaban J connectivity index is 1.42. The van der Waals surface area contributed by atoms with Crippen molar-refractivity contribution in [3.05, 3.63) is 35.3 Å². The first-order valence-electron chi connectivity index (χ1n) is 14.5. The van der Waals surface area contributed by atoms with Gasteiger partial charge in [0.15, 0.2) is 0 Å². The molecule has 0 bridgehead atoms. The van der Waals surface area contributed by atoms with Crippen LogP contribution in [0.15, 0.2) is 35.3 Å². The number of aromatic nitrogens is 1. The SMILES string of the molecule is C=C[C@@H]1C[C@]1(NC(=O)[C@H]1C[C@@H](Oc2cc(OCC)nc3c(Br)c(OC)ccc23)CN1C(=O)CC(F)(F)F)C(=O)NS(=O)(=O)C1CC1. The van der Waals surface area contributed by atoms with Crippen LogP contribution in [-0.2, 0) is 24.4 Å². The molecular weight excluding hydrogens is 701 g/mol. The minimum Gasteiger partial charge on any atom is -0.495 e. The molecule has 1 aromatic carbocycles. The monoisotopic (exact) mass is 732 g/mol. The summed E-state index contributed by atoms with van der Waals surface area (Å²) in [6.07, 6.45) is -5.64. The number of rotatable bonds is 12. The van der Waals surface area contributed by atoms with Gasteiger partial charge in [0.2, 0.25) is 27.7 Å². The smallest absolute Gasteiger partial charge is 0.397 e. The maximum atomic E-state index is 13.7. The molecule has 0 radical (unpaired) electrons. The first-order valence-corrected chi connectivity index (χ1v) is 16.8. The fraction of sp³-hybridized carbons (Fsp3) is 0.517. The Kier molecular flexibility index (Phi) is 9.20. The molecule has 5 rings (SSSR count). The van der Waals surface area contributed by atoms with Crippen molar-refractivity contribution < 1.29 is 50.2 Å². The Morgan fingerprint density at radius 1 is 1.24 bits per heavy atom. The molecular formula is C29H32BrF3N4O8S. The number of carbonyl (C=O) groups excluding carboxylic acids is 3. The molecule has 2 saturated carbocycles. The molecule has 4 atom stereocenters. The highest BCUT2D eigenvalue weighted by molar-refractivity contribution is 9.10. The molecule has 2 heterocycles. The van der Waals surface area contributed by atoms with Crippen molar-refractivity contribution in [3.63, 3.8) is 0 Å². The number of hydrogen-bond acceptors (Lipinski definition) is 9. The van der Waals surface area contributed by atoms with Gasteiger partial charge in [-0.2, -0.15) is 13.2 Å². The molecule has 46 heavy (non-hydrogen) atoms. The number of hydrogen-bond donors (Lipinski definition) is 2. The van der Waals surface area contributed by atoms with Crippen LogP contribution in [0.25, 0.3) is 10.9 Å². The van der Waals surface area contributed by atoms with Gasteiger partial charge in [-0.05, 0) is 54.2 Å². The summed E-state index contributed by atoms with van der Waals surface area (Å²) in [5, 5.41) is 2.32. The summed E-state index contributed by atoms with van der Waals surface area (Å²) in [7, 11) is -2.48. The van der Waals surface area contributed by atoms with Crippen molar-refractivity contribution in [2.24, 2.45) is 5.92 Å². The zero-order valence-corrected chi connectivity index (χ0v) is 27.3. The summed E-state index contributed by atoms with van der Waals surface area (Å²) < 4.78 is 84.5. The molecule has 2 aromatic rings. The average Bonchev–Trinajstić information content (AvgIpc) is 3.90. The Bertz CT molecular complexity index is 1690. The predicted octanol–water partition coefficient (Wildman–Crippen LogP) is 3.37. The number of halogens is 4. The molecule has 1 aromatic heterocycles. The number of benzene rings is 1. The molecule has 3 amide bonds. The van der Waals surface area contributed by atoms with Crippen LogP contribution in [-0.4, -0.2) is 85.4 Å². The topological polar surface area (TPSA) is 153 Å². The maximum Gasteiger partial charge on any atom is 0.397 e. The van der Waals surface area contributed by atoms with Gasteiger partial charge in [0.05, 0.1) is 35.5 Å². The van der Waals surface area contributed by atoms with Gasteiger partial charge < -0.3 is 24.4 Å². The second-order valence-electron chi connectivity index (χ2n) is 11.4. The summed E-state index contributed by atoms with van der Waals surface area (Å²) in [5.41, 5.74) is -1.27. The number of likely N-dealkylation sites (tertiary alicyclic amines) is 1. The fourth-order valence-electron chi connectivity index (χ4n) is 5.54. The Morgan fingerprint density at radius 3 is 2.54 bits per heavy atom. The van der Waals surface area contributed by atoms with Gasteiger partial charge in [-0.1, -0.05) is 6.08 Å². The number of ether oxygens (including phenoxy) is 3. The van der Waals surface area contributed by atoms with Crippen LogP contribution >= 0.6 is 15.9 Å². The number of nitrogens with zero attached hydrogens (tertiary/aromatic N) is 2. The van der Waals surface area contributed by atoms with Crippen molar-refractivity contribution in [3.8, 4) is 17.4 Å². The van der Waals surface area contributed by atoms with Crippen molar-refractivity contribution in [1.29, 1.82) is 0 Å². The number of nitrogens with one attached hydrogen (secondary N) is 2. The van der Waals surface area contributed by atoms with Crippen LogP contribution in [0.2, 0.25) is 0 Å². The van der Waals surface area contributed by atoms with Gasteiger partial charge in [-0.3, -0.25) is 19.1 Å². The molecule has 17 heteroatoms. The van der Waals surface area contributed by atoms with E-state index in [0.29, 0.717) is 34.0 Å². The number of pyridine rings is 1. The summed E-state index contributed by atoms with van der Waals surface area (Å²) in [6, 6.07) is 3.37. The fourth-order valence-corrected chi connectivity index (χ4v) is 7.50. The van der Waals surface area contributed by atoms with E-state index < -0.39 is 69.2 Å². The number of sulfonamides is 1. The first-order chi connectivity index (χ1) is 21.6. The number of amides is 3. The lowest BCUT2D eigenvalue weighted by Gasteiger charge is -2.26. The van der Waals surface area contributed by atoms with Crippen molar-refractivity contribution in [2.75, 3.05) is 20.3 Å². The van der Waals surface area contributed by atoms with Crippen LogP contribution in [0.4, 0.5) is 13.2 Å². The lowest BCUT2D eigenvalue weighted by atomic mass is 10.1. The predicted molar refractivity (Wildman–Crippen MR) is 162 cm³/mol. The van der Waals surface area contributed by atoms with Gasteiger partial charge in [0.1, 0.15) is 35.6 Å². The Morgan fingerprint density at radius 2 is 1.96 bits per heavy atom. The number of methoxy groups -OCH3 is 1. The molecule has 1 aliphatic heterocycles. The zero-order chi connectivity index (χ0) is 33.6. The van der Waals surface area contributed by atoms with E-state index in [2.05, 4.69) is 32.8 Å². The van der Waals surface area contributed by atoms with Gasteiger partial charge in [0.25, 0.3) is 5.91 Å². The van der Waals surface area contributed by atoms with E-state index >= 15 is 0 Å². The maximum absolute atomic E-state index is 13.7. The van der Waals surface area contributed by atoms with Crippen molar-refractivity contribution in [1.82, 2.24) is 19.9 Å². The summed E-state index contributed by atoms with van der Waals surface area (Å²) in [4.78, 5) is 45.0. The van der Waals surface area contributed by atoms with E-state index in [1.54, 1.807) is 19.1 Å². The van der Waals surface area contributed by atoms with E-state index in [9.17, 15) is 36.0 Å². The molecule has 3 fully saturated rings. The van der Waals surface area contributed by atoms with E-state index in [-0.39, 0.29) is 37.6 Å².